The normalized spacial score (nSPS) is 18.1. The number of anilines is 1. The number of fused-ring (bicyclic) bond motifs is 2. The van der Waals surface area contributed by atoms with E-state index >= 15 is 0 Å². The number of amides is 3. The molecule has 0 bridgehead atoms. The third kappa shape index (κ3) is 4.33. The van der Waals surface area contributed by atoms with Crippen molar-refractivity contribution in [1.82, 2.24) is 15.2 Å². The molecule has 0 aliphatic carbocycles. The Bertz CT molecular complexity index is 1100. The van der Waals surface area contributed by atoms with Gasteiger partial charge in [0.15, 0.2) is 11.5 Å². The molecule has 1 fully saturated rings. The van der Waals surface area contributed by atoms with Crippen LogP contribution in [0.25, 0.3) is 10.2 Å². The third-order valence-electron chi connectivity index (χ3n) is 5.44. The summed E-state index contributed by atoms with van der Waals surface area (Å²) in [6, 6.07) is 12.7. The lowest BCUT2D eigenvalue weighted by Crippen LogP contribution is -2.44. The maximum atomic E-state index is 12.6. The first kappa shape index (κ1) is 19.8. The molecule has 1 saturated heterocycles. The number of hydrogen-bond donors (Lipinski definition) is 2. The highest BCUT2D eigenvalue weighted by molar-refractivity contribution is 7.18. The largest absolute Gasteiger partial charge is 0.454 e. The average Bonchev–Trinajstić information content (AvgIpc) is 3.40. The van der Waals surface area contributed by atoms with Gasteiger partial charge in [-0.25, -0.2) is 9.78 Å². The van der Waals surface area contributed by atoms with E-state index in [0.29, 0.717) is 17.2 Å². The van der Waals surface area contributed by atoms with E-state index in [-0.39, 0.29) is 25.3 Å². The van der Waals surface area contributed by atoms with Crippen LogP contribution in [0.1, 0.15) is 30.3 Å². The topological polar surface area (TPSA) is 92.8 Å². The Labute approximate surface area is 183 Å². The monoisotopic (exact) mass is 438 g/mol. The Morgan fingerprint density at radius 2 is 2.00 bits per heavy atom. The number of likely N-dealkylation sites (tertiary alicyclic amines) is 1. The highest BCUT2D eigenvalue weighted by Crippen LogP contribution is 2.36. The fourth-order valence-corrected chi connectivity index (χ4v) is 5.12. The van der Waals surface area contributed by atoms with E-state index in [2.05, 4.69) is 21.6 Å². The molecule has 9 heteroatoms. The number of benzene rings is 2. The van der Waals surface area contributed by atoms with Gasteiger partial charge < -0.3 is 14.8 Å². The van der Waals surface area contributed by atoms with Crippen LogP contribution in [0, 0.1) is 0 Å². The first-order chi connectivity index (χ1) is 15.2. The molecule has 2 aromatic carbocycles. The zero-order valence-electron chi connectivity index (χ0n) is 16.8. The van der Waals surface area contributed by atoms with Crippen molar-refractivity contribution >= 4 is 39.2 Å². The number of carbonyl (C=O) groups excluding carboxylic acids is 2. The molecule has 31 heavy (non-hydrogen) atoms. The lowest BCUT2D eigenvalue weighted by Gasteiger charge is -2.33. The van der Waals surface area contributed by atoms with Crippen LogP contribution in [0.3, 0.4) is 0 Å². The van der Waals surface area contributed by atoms with Crippen molar-refractivity contribution in [3.8, 4) is 11.5 Å². The van der Waals surface area contributed by atoms with Crippen molar-refractivity contribution in [2.45, 2.75) is 25.3 Å². The number of thiazole rings is 1. The van der Waals surface area contributed by atoms with Gasteiger partial charge in [-0.1, -0.05) is 18.6 Å². The summed E-state index contributed by atoms with van der Waals surface area (Å²) < 4.78 is 11.7. The Kier molecular flexibility index (Phi) is 5.44. The second-order valence-electron chi connectivity index (χ2n) is 7.57. The van der Waals surface area contributed by atoms with Crippen molar-refractivity contribution in [1.29, 1.82) is 0 Å². The molecule has 0 spiro atoms. The number of nitrogens with one attached hydrogen (secondary N) is 2. The molecule has 8 nitrogen and oxygen atoms in total. The minimum atomic E-state index is -0.572. The summed E-state index contributed by atoms with van der Waals surface area (Å²) in [7, 11) is 0. The van der Waals surface area contributed by atoms with Crippen LogP contribution in [0.15, 0.2) is 42.5 Å². The second-order valence-corrected chi connectivity index (χ2v) is 8.63. The molecule has 0 radical (unpaired) electrons. The van der Waals surface area contributed by atoms with Gasteiger partial charge in [-0.2, -0.15) is 0 Å². The molecule has 160 valence electrons. The number of carbonyl (C=O) groups is 2. The van der Waals surface area contributed by atoms with Gasteiger partial charge in [-0.3, -0.25) is 15.0 Å². The quantitative estimate of drug-likeness (QED) is 0.642. The first-order valence-corrected chi connectivity index (χ1v) is 11.1. The van der Waals surface area contributed by atoms with Crippen LogP contribution in [0.5, 0.6) is 11.5 Å². The molecule has 2 aliphatic heterocycles. The fourth-order valence-electron chi connectivity index (χ4n) is 3.98. The van der Waals surface area contributed by atoms with Crippen molar-refractivity contribution in [3.63, 3.8) is 0 Å². The average molecular weight is 439 g/mol. The maximum absolute atomic E-state index is 12.6. The van der Waals surface area contributed by atoms with Gasteiger partial charge in [0.25, 0.3) is 0 Å². The van der Waals surface area contributed by atoms with E-state index in [1.54, 1.807) is 29.5 Å². The molecule has 1 aromatic heterocycles. The van der Waals surface area contributed by atoms with Crippen LogP contribution in [-0.4, -0.2) is 41.7 Å². The van der Waals surface area contributed by atoms with E-state index in [0.717, 1.165) is 41.0 Å². The molecular weight excluding hydrogens is 416 g/mol. The standard InChI is InChI=1S/C22H22N4O4S/c27-20(25-22(28)23-14-8-9-17-18(11-14)30-13-29-17)12-26-10-4-3-6-16(26)21-24-15-5-1-2-7-19(15)31-21/h1-2,5,7-9,11,16H,3-4,6,10,12-13H2,(H2,23,25,27,28)/t16-/m1/s1. The van der Waals surface area contributed by atoms with Gasteiger partial charge in [0.1, 0.15) is 5.01 Å². The van der Waals surface area contributed by atoms with Crippen molar-refractivity contribution in [3.05, 3.63) is 47.5 Å². The van der Waals surface area contributed by atoms with Crippen molar-refractivity contribution in [2.24, 2.45) is 0 Å². The van der Waals surface area contributed by atoms with Gasteiger partial charge in [0.2, 0.25) is 12.7 Å². The van der Waals surface area contributed by atoms with Gasteiger partial charge in [0.05, 0.1) is 22.8 Å². The molecule has 5 rings (SSSR count). The molecule has 3 amide bonds. The molecule has 3 aromatic rings. The number of hydrogen-bond acceptors (Lipinski definition) is 7. The van der Waals surface area contributed by atoms with Gasteiger partial charge in [-0.05, 0) is 43.7 Å². The predicted octanol–water partition coefficient (Wildman–Crippen LogP) is 3.90. The van der Waals surface area contributed by atoms with Gasteiger partial charge in [0, 0.05) is 11.8 Å². The number of para-hydroxylation sites is 1. The van der Waals surface area contributed by atoms with Crippen LogP contribution < -0.4 is 20.1 Å². The third-order valence-corrected chi connectivity index (χ3v) is 6.58. The van der Waals surface area contributed by atoms with Gasteiger partial charge >= 0.3 is 6.03 Å². The summed E-state index contributed by atoms with van der Waals surface area (Å²) >= 11 is 1.67. The molecule has 1 atom stereocenters. The minimum absolute atomic E-state index is 0.0915. The Morgan fingerprint density at radius 1 is 1.13 bits per heavy atom. The maximum Gasteiger partial charge on any atom is 0.325 e. The number of aromatic nitrogens is 1. The molecule has 2 aliphatic rings. The summed E-state index contributed by atoms with van der Waals surface area (Å²) in [5, 5.41) is 6.11. The highest BCUT2D eigenvalue weighted by atomic mass is 32.1. The van der Waals surface area contributed by atoms with E-state index in [4.69, 9.17) is 14.5 Å². The van der Waals surface area contributed by atoms with Crippen LogP contribution >= 0.6 is 11.3 Å². The molecule has 3 heterocycles. The molecular formula is C22H22N4O4S. The predicted molar refractivity (Wildman–Crippen MR) is 118 cm³/mol. The first-order valence-electron chi connectivity index (χ1n) is 10.3. The number of rotatable bonds is 4. The Morgan fingerprint density at radius 3 is 2.90 bits per heavy atom. The lowest BCUT2D eigenvalue weighted by molar-refractivity contribution is -0.122. The summed E-state index contributed by atoms with van der Waals surface area (Å²) in [5.41, 5.74) is 1.51. The number of imide groups is 1. The minimum Gasteiger partial charge on any atom is -0.454 e. The fraction of sp³-hybridized carbons (Fsp3) is 0.318. The molecule has 0 saturated carbocycles. The Hall–Kier alpha value is -3.17. The van der Waals surface area contributed by atoms with Crippen LogP contribution in [0.4, 0.5) is 10.5 Å². The second kappa shape index (κ2) is 8.52. The lowest BCUT2D eigenvalue weighted by atomic mass is 10.0. The van der Waals surface area contributed by atoms with Gasteiger partial charge in [-0.15, -0.1) is 11.3 Å². The van der Waals surface area contributed by atoms with Crippen molar-refractivity contribution < 1.29 is 19.1 Å². The zero-order valence-corrected chi connectivity index (χ0v) is 17.6. The zero-order chi connectivity index (χ0) is 21.2. The van der Waals surface area contributed by atoms with Crippen LogP contribution in [-0.2, 0) is 4.79 Å². The van der Waals surface area contributed by atoms with Crippen molar-refractivity contribution in [2.75, 3.05) is 25.2 Å². The Balaban J connectivity index is 1.21. The summed E-state index contributed by atoms with van der Waals surface area (Å²) in [4.78, 5) is 31.8. The summed E-state index contributed by atoms with van der Waals surface area (Å²) in [6.07, 6.45) is 3.08. The van der Waals surface area contributed by atoms with E-state index in [1.165, 1.54) is 0 Å². The van der Waals surface area contributed by atoms with E-state index in [9.17, 15) is 9.59 Å². The summed E-state index contributed by atoms with van der Waals surface area (Å²) in [5.74, 6) is 0.857. The number of piperidine rings is 1. The highest BCUT2D eigenvalue weighted by Gasteiger charge is 2.28. The van der Waals surface area contributed by atoms with E-state index < -0.39 is 6.03 Å². The number of nitrogens with zero attached hydrogens (tertiary/aromatic N) is 2. The number of urea groups is 1. The number of ether oxygens (including phenoxy) is 2. The molecule has 0 unspecified atom stereocenters. The van der Waals surface area contributed by atoms with E-state index in [1.807, 2.05) is 18.2 Å². The summed E-state index contributed by atoms with van der Waals surface area (Å²) in [6.45, 7) is 1.11. The van der Waals surface area contributed by atoms with Crippen LogP contribution in [0.2, 0.25) is 0 Å². The molecule has 2 N–H and O–H groups in total. The smallest absolute Gasteiger partial charge is 0.325 e. The SMILES string of the molecule is O=C(CN1CCCC[C@@H]1c1nc2ccccc2s1)NC(=O)Nc1ccc2c(c1)OCO2.